The molecule has 0 radical (unpaired) electrons. The Morgan fingerprint density at radius 3 is 1.91 bits per heavy atom. The first-order valence-electron chi connectivity index (χ1n) is 12.8. The molecule has 0 atom stereocenters. The summed E-state index contributed by atoms with van der Waals surface area (Å²) in [6.07, 6.45) is 1.20. The van der Waals surface area contributed by atoms with E-state index in [-0.39, 0.29) is 16.2 Å². The van der Waals surface area contributed by atoms with Gasteiger partial charge in [0.25, 0.3) is 0 Å². The normalized spacial score (nSPS) is 18.0. The van der Waals surface area contributed by atoms with Crippen molar-refractivity contribution in [2.45, 2.75) is 64.2 Å². The van der Waals surface area contributed by atoms with Crippen molar-refractivity contribution in [3.05, 3.63) is 107 Å². The second-order valence-corrected chi connectivity index (χ2v) is 12.3. The summed E-state index contributed by atoms with van der Waals surface area (Å²) >= 11 is 0. The standard InChI is InChI=1S/C34H35N/c1-32(2)21-33(3,4)31-19-23(13-18-29(31)32)22-11-14-24(15-12-22)35-25-16-17-27-26-9-7-8-10-28(26)34(5,6)30(27)20-25/h7-20,35H,21H2,1-6H3. The van der Waals surface area contributed by atoms with Gasteiger partial charge in [-0.2, -0.15) is 0 Å². The number of nitrogens with one attached hydrogen (secondary N) is 1. The highest BCUT2D eigenvalue weighted by molar-refractivity contribution is 5.83. The predicted molar refractivity (Wildman–Crippen MR) is 150 cm³/mol. The molecular formula is C34H35N. The average Bonchev–Trinajstić information content (AvgIpc) is 3.17. The van der Waals surface area contributed by atoms with Gasteiger partial charge in [-0.15, -0.1) is 0 Å². The molecule has 6 rings (SSSR count). The molecule has 0 heterocycles. The molecule has 1 heteroatoms. The zero-order valence-electron chi connectivity index (χ0n) is 21.8. The fourth-order valence-electron chi connectivity index (χ4n) is 6.86. The minimum absolute atomic E-state index is 0.0172. The third-order valence-electron chi connectivity index (χ3n) is 8.45. The van der Waals surface area contributed by atoms with Gasteiger partial charge in [-0.05, 0) is 86.0 Å². The molecule has 35 heavy (non-hydrogen) atoms. The SMILES string of the molecule is CC1(C)CC(C)(C)c2cc(-c3ccc(Nc4ccc5c(c4)C(C)(C)c4ccccc4-5)cc3)ccc21. The maximum atomic E-state index is 3.64. The summed E-state index contributed by atoms with van der Waals surface area (Å²) in [5.74, 6) is 0. The molecule has 0 saturated carbocycles. The molecule has 0 unspecified atom stereocenters. The fourth-order valence-corrected chi connectivity index (χ4v) is 6.86. The van der Waals surface area contributed by atoms with Crippen molar-refractivity contribution >= 4 is 11.4 Å². The Morgan fingerprint density at radius 1 is 0.514 bits per heavy atom. The first-order chi connectivity index (χ1) is 16.6. The van der Waals surface area contributed by atoms with Gasteiger partial charge in [-0.1, -0.05) is 102 Å². The monoisotopic (exact) mass is 457 g/mol. The summed E-state index contributed by atoms with van der Waals surface area (Å²) < 4.78 is 0. The molecular weight excluding hydrogens is 422 g/mol. The second-order valence-electron chi connectivity index (χ2n) is 12.3. The van der Waals surface area contributed by atoms with E-state index in [4.69, 9.17) is 0 Å². The molecule has 0 spiro atoms. The third-order valence-corrected chi connectivity index (χ3v) is 8.45. The van der Waals surface area contributed by atoms with Crippen LogP contribution in [0.3, 0.4) is 0 Å². The number of fused-ring (bicyclic) bond motifs is 4. The van der Waals surface area contributed by atoms with Crippen molar-refractivity contribution in [2.75, 3.05) is 5.32 Å². The average molecular weight is 458 g/mol. The Balaban J connectivity index is 1.27. The lowest BCUT2D eigenvalue weighted by molar-refractivity contribution is 0.403. The number of hydrogen-bond acceptors (Lipinski definition) is 1. The van der Waals surface area contributed by atoms with Crippen LogP contribution in [0.2, 0.25) is 0 Å². The molecule has 0 aromatic heterocycles. The van der Waals surface area contributed by atoms with Crippen molar-refractivity contribution in [2.24, 2.45) is 0 Å². The van der Waals surface area contributed by atoms with Crippen LogP contribution in [-0.4, -0.2) is 0 Å². The molecule has 1 N–H and O–H groups in total. The van der Waals surface area contributed by atoms with Gasteiger partial charge in [0.1, 0.15) is 0 Å². The topological polar surface area (TPSA) is 12.0 Å². The van der Waals surface area contributed by atoms with Gasteiger partial charge < -0.3 is 5.32 Å². The molecule has 0 amide bonds. The quantitative estimate of drug-likeness (QED) is 0.323. The van der Waals surface area contributed by atoms with Crippen LogP contribution >= 0.6 is 0 Å². The van der Waals surface area contributed by atoms with E-state index in [1.54, 1.807) is 0 Å². The smallest absolute Gasteiger partial charge is 0.0387 e. The van der Waals surface area contributed by atoms with Gasteiger partial charge in [0.05, 0.1) is 0 Å². The maximum Gasteiger partial charge on any atom is 0.0387 e. The highest BCUT2D eigenvalue weighted by atomic mass is 14.9. The van der Waals surface area contributed by atoms with E-state index in [1.165, 1.54) is 50.9 Å². The zero-order chi connectivity index (χ0) is 24.6. The van der Waals surface area contributed by atoms with E-state index in [1.807, 2.05) is 0 Å². The van der Waals surface area contributed by atoms with Gasteiger partial charge in [0.15, 0.2) is 0 Å². The summed E-state index contributed by atoms with van der Waals surface area (Å²) in [6, 6.07) is 31.6. The van der Waals surface area contributed by atoms with Crippen molar-refractivity contribution in [3.8, 4) is 22.3 Å². The van der Waals surface area contributed by atoms with E-state index in [0.29, 0.717) is 0 Å². The minimum Gasteiger partial charge on any atom is -0.356 e. The second kappa shape index (κ2) is 7.34. The van der Waals surface area contributed by atoms with Gasteiger partial charge in [0, 0.05) is 16.8 Å². The predicted octanol–water partition coefficient (Wildman–Crippen LogP) is 9.36. The molecule has 0 saturated heterocycles. The largest absolute Gasteiger partial charge is 0.356 e. The van der Waals surface area contributed by atoms with Gasteiger partial charge in [0.2, 0.25) is 0 Å². The molecule has 2 aliphatic rings. The first kappa shape index (κ1) is 22.2. The van der Waals surface area contributed by atoms with Crippen LogP contribution in [-0.2, 0) is 16.2 Å². The fraction of sp³-hybridized carbons (Fsp3) is 0.294. The van der Waals surface area contributed by atoms with Crippen LogP contribution in [0.15, 0.2) is 84.9 Å². The van der Waals surface area contributed by atoms with Crippen LogP contribution in [0, 0.1) is 0 Å². The van der Waals surface area contributed by atoms with E-state index < -0.39 is 0 Å². The summed E-state index contributed by atoms with van der Waals surface area (Å²) in [5.41, 5.74) is 13.8. The molecule has 2 aliphatic carbocycles. The van der Waals surface area contributed by atoms with E-state index in [9.17, 15) is 0 Å². The number of rotatable bonds is 3. The van der Waals surface area contributed by atoms with Crippen LogP contribution in [0.25, 0.3) is 22.3 Å². The van der Waals surface area contributed by atoms with Crippen molar-refractivity contribution in [1.82, 2.24) is 0 Å². The molecule has 4 aromatic rings. The highest BCUT2D eigenvalue weighted by Gasteiger charge is 2.41. The lowest BCUT2D eigenvalue weighted by Gasteiger charge is -2.22. The Morgan fingerprint density at radius 2 is 1.14 bits per heavy atom. The van der Waals surface area contributed by atoms with Crippen molar-refractivity contribution < 1.29 is 0 Å². The maximum absolute atomic E-state index is 3.64. The van der Waals surface area contributed by atoms with Gasteiger partial charge >= 0.3 is 0 Å². The van der Waals surface area contributed by atoms with E-state index in [2.05, 4.69) is 132 Å². The van der Waals surface area contributed by atoms with Crippen LogP contribution in [0.4, 0.5) is 11.4 Å². The Labute approximate surface area is 210 Å². The minimum atomic E-state index is 0.0172. The van der Waals surface area contributed by atoms with Crippen LogP contribution in [0.5, 0.6) is 0 Å². The van der Waals surface area contributed by atoms with Crippen molar-refractivity contribution in [3.63, 3.8) is 0 Å². The Kier molecular flexibility index (Phi) is 4.65. The van der Waals surface area contributed by atoms with Gasteiger partial charge in [-0.25, -0.2) is 0 Å². The molecule has 4 aromatic carbocycles. The summed E-state index contributed by atoms with van der Waals surface area (Å²) in [5, 5.41) is 3.64. The Bertz CT molecular complexity index is 1450. The number of hydrogen-bond donors (Lipinski definition) is 1. The molecule has 0 aliphatic heterocycles. The van der Waals surface area contributed by atoms with E-state index in [0.717, 1.165) is 11.4 Å². The summed E-state index contributed by atoms with van der Waals surface area (Å²) in [4.78, 5) is 0. The summed E-state index contributed by atoms with van der Waals surface area (Å²) in [7, 11) is 0. The molecule has 0 fully saturated rings. The molecule has 1 nitrogen and oxygen atoms in total. The summed E-state index contributed by atoms with van der Waals surface area (Å²) in [6.45, 7) is 14.2. The highest BCUT2D eigenvalue weighted by Crippen LogP contribution is 2.51. The van der Waals surface area contributed by atoms with Crippen molar-refractivity contribution in [1.29, 1.82) is 0 Å². The third kappa shape index (κ3) is 3.44. The zero-order valence-corrected chi connectivity index (χ0v) is 21.8. The van der Waals surface area contributed by atoms with Gasteiger partial charge in [-0.3, -0.25) is 0 Å². The first-order valence-corrected chi connectivity index (χ1v) is 12.8. The molecule has 176 valence electrons. The number of anilines is 2. The van der Waals surface area contributed by atoms with Crippen LogP contribution in [0.1, 0.15) is 70.2 Å². The lowest BCUT2D eigenvalue weighted by atomic mass is 9.82. The Hall–Kier alpha value is -3.32. The van der Waals surface area contributed by atoms with E-state index >= 15 is 0 Å². The molecule has 0 bridgehead atoms. The number of benzene rings is 4. The lowest BCUT2D eigenvalue weighted by Crippen LogP contribution is -2.17. The van der Waals surface area contributed by atoms with Crippen LogP contribution < -0.4 is 5.32 Å².